The van der Waals surface area contributed by atoms with Crippen molar-refractivity contribution in [3.8, 4) is 11.3 Å². The van der Waals surface area contributed by atoms with E-state index in [0.717, 1.165) is 27.5 Å². The van der Waals surface area contributed by atoms with E-state index in [1.807, 2.05) is 24.3 Å². The molecule has 3 rings (SSSR count). The summed E-state index contributed by atoms with van der Waals surface area (Å²) >= 11 is 2.17. The van der Waals surface area contributed by atoms with Gasteiger partial charge < -0.3 is 20.5 Å². The molecular formula is C26H29F4IN4O3. The van der Waals surface area contributed by atoms with Crippen molar-refractivity contribution in [3.63, 3.8) is 0 Å². The number of amides is 1. The normalized spacial score (nSPS) is 13.4. The molecule has 0 saturated heterocycles. The topological polar surface area (TPSA) is 88.4 Å². The minimum absolute atomic E-state index is 0.00434. The van der Waals surface area contributed by atoms with Crippen LogP contribution in [-0.2, 0) is 17.7 Å². The zero-order valence-corrected chi connectivity index (χ0v) is 23.2. The molecule has 0 radical (unpaired) electrons. The molecule has 12 heteroatoms. The largest absolute Gasteiger partial charge is 0.444 e. The van der Waals surface area contributed by atoms with Gasteiger partial charge in [0.25, 0.3) is 0 Å². The number of benzene rings is 2. The van der Waals surface area contributed by atoms with E-state index in [1.54, 1.807) is 20.8 Å². The van der Waals surface area contributed by atoms with Crippen molar-refractivity contribution in [3.05, 3.63) is 75.0 Å². The molecule has 1 amide bonds. The predicted molar refractivity (Wildman–Crippen MR) is 143 cm³/mol. The summed E-state index contributed by atoms with van der Waals surface area (Å²) in [5.74, 6) is -1.79. The fourth-order valence-corrected chi connectivity index (χ4v) is 3.98. The molecule has 3 N–H and O–H groups in total. The number of nitrogens with one attached hydrogen (secondary N) is 2. The summed E-state index contributed by atoms with van der Waals surface area (Å²) < 4.78 is 61.6. The second-order valence-corrected chi connectivity index (χ2v) is 10.9. The van der Waals surface area contributed by atoms with E-state index in [4.69, 9.17) is 4.74 Å². The quantitative estimate of drug-likeness (QED) is 0.202. The Morgan fingerprint density at radius 1 is 1.13 bits per heavy atom. The van der Waals surface area contributed by atoms with Crippen molar-refractivity contribution in [1.82, 2.24) is 20.4 Å². The van der Waals surface area contributed by atoms with Crippen LogP contribution >= 0.6 is 22.6 Å². The van der Waals surface area contributed by atoms with Gasteiger partial charge in [-0.2, -0.15) is 13.9 Å². The highest BCUT2D eigenvalue weighted by molar-refractivity contribution is 14.1. The van der Waals surface area contributed by atoms with Gasteiger partial charge in [-0.15, -0.1) is 0 Å². The molecule has 0 saturated carbocycles. The van der Waals surface area contributed by atoms with Crippen LogP contribution in [0.2, 0.25) is 0 Å². The summed E-state index contributed by atoms with van der Waals surface area (Å²) in [6, 6.07) is 10.1. The van der Waals surface area contributed by atoms with Crippen LogP contribution in [0.3, 0.4) is 0 Å². The minimum Gasteiger partial charge on any atom is -0.444 e. The highest BCUT2D eigenvalue weighted by Crippen LogP contribution is 2.24. The van der Waals surface area contributed by atoms with Crippen LogP contribution in [0.4, 0.5) is 22.4 Å². The maximum Gasteiger partial charge on any atom is 0.407 e. The Balaban J connectivity index is 1.67. The van der Waals surface area contributed by atoms with Gasteiger partial charge in [0, 0.05) is 34.0 Å². The van der Waals surface area contributed by atoms with E-state index in [9.17, 15) is 27.5 Å². The zero-order valence-electron chi connectivity index (χ0n) is 21.0. The van der Waals surface area contributed by atoms with Crippen molar-refractivity contribution in [2.45, 2.75) is 58.0 Å². The van der Waals surface area contributed by atoms with Crippen LogP contribution in [0, 0.1) is 15.2 Å². The zero-order chi connectivity index (χ0) is 28.0. The minimum atomic E-state index is -2.87. The molecule has 1 heterocycles. The van der Waals surface area contributed by atoms with E-state index in [2.05, 4.69) is 38.3 Å². The van der Waals surface area contributed by atoms with Crippen molar-refractivity contribution >= 4 is 28.7 Å². The van der Waals surface area contributed by atoms with Gasteiger partial charge in [0.05, 0.1) is 17.8 Å². The summed E-state index contributed by atoms with van der Waals surface area (Å²) in [6.07, 6.45) is -0.508. The third-order valence-corrected chi connectivity index (χ3v) is 6.16. The molecule has 0 unspecified atom stereocenters. The van der Waals surface area contributed by atoms with Gasteiger partial charge >= 0.3 is 12.6 Å². The summed E-state index contributed by atoms with van der Waals surface area (Å²) in [5.41, 5.74) is -0.137. The number of hydrogen-bond donors (Lipinski definition) is 3. The number of alkyl halides is 2. The Bertz CT molecular complexity index is 1210. The number of hydrogen-bond acceptors (Lipinski definition) is 5. The molecule has 0 bridgehead atoms. The van der Waals surface area contributed by atoms with Gasteiger partial charge in [-0.05, 0) is 85.7 Å². The first kappa shape index (κ1) is 29.8. The second kappa shape index (κ2) is 12.9. The van der Waals surface area contributed by atoms with E-state index >= 15 is 0 Å². The third-order valence-electron chi connectivity index (χ3n) is 5.44. The Hall–Kier alpha value is -2.71. The first-order valence-corrected chi connectivity index (χ1v) is 12.8. The lowest BCUT2D eigenvalue weighted by atomic mass is 10.0. The van der Waals surface area contributed by atoms with Gasteiger partial charge in [-0.3, -0.25) is 0 Å². The molecule has 2 aromatic carbocycles. The molecule has 1 aromatic heterocycles. The summed E-state index contributed by atoms with van der Waals surface area (Å²) in [6.45, 7) is 1.94. The summed E-state index contributed by atoms with van der Waals surface area (Å²) in [5, 5.41) is 20.0. The van der Waals surface area contributed by atoms with Gasteiger partial charge in [0.1, 0.15) is 17.2 Å². The number of rotatable bonds is 10. The molecule has 0 aliphatic carbocycles. The number of aliphatic hydroxyl groups is 1. The van der Waals surface area contributed by atoms with Crippen LogP contribution in [0.15, 0.2) is 48.7 Å². The average Bonchev–Trinajstić information content (AvgIpc) is 3.31. The maximum atomic E-state index is 14.7. The van der Waals surface area contributed by atoms with E-state index in [1.165, 1.54) is 6.07 Å². The first-order valence-electron chi connectivity index (χ1n) is 11.8. The number of alkyl carbamates (subject to hydrolysis) is 1. The van der Waals surface area contributed by atoms with Gasteiger partial charge in [0.15, 0.2) is 0 Å². The molecule has 2 atom stereocenters. The van der Waals surface area contributed by atoms with Crippen molar-refractivity contribution in [1.29, 1.82) is 0 Å². The molecular weight excluding hydrogens is 619 g/mol. The van der Waals surface area contributed by atoms with Crippen molar-refractivity contribution in [2.24, 2.45) is 0 Å². The summed E-state index contributed by atoms with van der Waals surface area (Å²) in [4.78, 5) is 12.4. The number of nitrogens with zero attached hydrogens (tertiary/aromatic N) is 2. The fourth-order valence-electron chi connectivity index (χ4n) is 3.62. The van der Waals surface area contributed by atoms with Crippen LogP contribution in [0.1, 0.15) is 38.4 Å². The van der Waals surface area contributed by atoms with Crippen LogP contribution in [0.5, 0.6) is 0 Å². The van der Waals surface area contributed by atoms with Crippen molar-refractivity contribution < 1.29 is 32.2 Å². The third kappa shape index (κ3) is 8.67. The summed E-state index contributed by atoms with van der Waals surface area (Å²) in [7, 11) is 0. The highest BCUT2D eigenvalue weighted by Gasteiger charge is 2.25. The van der Waals surface area contributed by atoms with Gasteiger partial charge in [0.2, 0.25) is 0 Å². The van der Waals surface area contributed by atoms with Crippen LogP contribution in [-0.4, -0.2) is 45.3 Å². The van der Waals surface area contributed by atoms with Gasteiger partial charge in [-0.1, -0.05) is 12.1 Å². The van der Waals surface area contributed by atoms with E-state index < -0.39 is 42.0 Å². The molecule has 0 aliphatic rings. The molecule has 206 valence electrons. The molecule has 38 heavy (non-hydrogen) atoms. The van der Waals surface area contributed by atoms with E-state index in [-0.39, 0.29) is 29.9 Å². The lowest BCUT2D eigenvalue weighted by Crippen LogP contribution is -2.50. The Kier molecular flexibility index (Phi) is 10.1. The average molecular weight is 648 g/mol. The number of aliphatic hydroxyl groups excluding tert-OH is 1. The number of carbonyl (C=O) groups is 1. The lowest BCUT2D eigenvalue weighted by Gasteiger charge is -2.27. The number of carbonyl (C=O) groups excluding carboxylic acids is 1. The smallest absolute Gasteiger partial charge is 0.407 e. The van der Waals surface area contributed by atoms with Crippen molar-refractivity contribution in [2.75, 3.05) is 6.54 Å². The number of halogens is 5. The van der Waals surface area contributed by atoms with E-state index in [0.29, 0.717) is 11.1 Å². The Morgan fingerprint density at radius 2 is 1.76 bits per heavy atom. The Morgan fingerprint density at radius 3 is 2.32 bits per heavy atom. The fraction of sp³-hybridized carbons (Fsp3) is 0.385. The molecule has 0 spiro atoms. The number of ether oxygens (including phenoxy) is 1. The van der Waals surface area contributed by atoms with Crippen LogP contribution < -0.4 is 10.6 Å². The lowest BCUT2D eigenvalue weighted by molar-refractivity contribution is 0.0422. The van der Waals surface area contributed by atoms with Crippen LogP contribution in [0.25, 0.3) is 11.3 Å². The highest BCUT2D eigenvalue weighted by atomic mass is 127. The first-order chi connectivity index (χ1) is 17.8. The monoisotopic (exact) mass is 648 g/mol. The molecule has 3 aromatic rings. The molecule has 7 nitrogen and oxygen atoms in total. The van der Waals surface area contributed by atoms with Gasteiger partial charge in [-0.25, -0.2) is 18.3 Å². The Labute approximate surface area is 231 Å². The molecule has 0 aliphatic heterocycles. The second-order valence-electron chi connectivity index (χ2n) is 9.66. The number of aromatic nitrogens is 2. The predicted octanol–water partition coefficient (Wildman–Crippen LogP) is 5.41. The standard InChI is InChI=1S/C26H29F4IN4O3/c1-26(2,3)38-25(37)33-22(10-15-4-6-17(31)7-5-15)23(36)14-32-13-18-19(27)11-16(12-20(18)28)21-8-9-35(34-21)24(29)30/h4-9,11-12,22-24,32,36H,10,13-14H2,1-3H3,(H,33,37)/t22-,23-/m0/s1. The maximum absolute atomic E-state index is 14.7. The SMILES string of the molecule is CC(C)(C)OC(=O)N[C@@H](Cc1ccc(I)cc1)[C@@H](O)CNCc1c(F)cc(-c2ccn(C(F)F)n2)cc1F. The molecule has 0 fully saturated rings.